The van der Waals surface area contributed by atoms with Crippen molar-refractivity contribution >= 4 is 29.6 Å². The summed E-state index contributed by atoms with van der Waals surface area (Å²) >= 11 is 1.41. The van der Waals surface area contributed by atoms with Crippen LogP contribution in [-0.2, 0) is 11.0 Å². The second-order valence-corrected chi connectivity index (χ2v) is 8.81. The molecule has 2 unspecified atom stereocenters. The molecule has 2 atom stereocenters. The summed E-state index contributed by atoms with van der Waals surface area (Å²) in [5.41, 5.74) is 2.68. The quantitative estimate of drug-likeness (QED) is 0.398. The fraction of sp³-hybridized carbons (Fsp3) is 0.333. The maximum Gasteiger partial charge on any atom is 0.451 e. The Balaban J connectivity index is 1.67. The van der Waals surface area contributed by atoms with Crippen LogP contribution in [0.5, 0.6) is 0 Å². The van der Waals surface area contributed by atoms with Crippen LogP contribution in [0.2, 0.25) is 0 Å². The number of nitrogens with one attached hydrogen (secondary N) is 1. The van der Waals surface area contributed by atoms with E-state index < -0.39 is 41.8 Å². The van der Waals surface area contributed by atoms with Crippen LogP contribution < -0.4 is 11.1 Å². The fourth-order valence-corrected chi connectivity index (χ4v) is 4.24. The van der Waals surface area contributed by atoms with E-state index in [0.29, 0.717) is 25.0 Å². The van der Waals surface area contributed by atoms with Crippen molar-refractivity contribution in [1.29, 1.82) is 0 Å². The molecule has 0 saturated heterocycles. The van der Waals surface area contributed by atoms with E-state index in [0.717, 1.165) is 11.3 Å². The van der Waals surface area contributed by atoms with Crippen molar-refractivity contribution in [3.8, 4) is 0 Å². The molecule has 188 valence electrons. The summed E-state index contributed by atoms with van der Waals surface area (Å²) in [4.78, 5) is 23.0. The van der Waals surface area contributed by atoms with E-state index in [1.807, 2.05) is 0 Å². The summed E-state index contributed by atoms with van der Waals surface area (Å²) in [6, 6.07) is 5.46. The van der Waals surface area contributed by atoms with E-state index in [2.05, 4.69) is 20.3 Å². The minimum Gasteiger partial charge on any atom is -0.394 e. The van der Waals surface area contributed by atoms with Gasteiger partial charge in [-0.3, -0.25) is 9.79 Å². The van der Waals surface area contributed by atoms with Gasteiger partial charge in [0.05, 0.1) is 24.5 Å². The Hall–Kier alpha value is -3.16. The van der Waals surface area contributed by atoms with Crippen LogP contribution >= 0.6 is 11.8 Å². The summed E-state index contributed by atoms with van der Waals surface area (Å²) in [5.74, 6) is -2.56. The lowest BCUT2D eigenvalue weighted by atomic mass is 9.92. The summed E-state index contributed by atoms with van der Waals surface area (Å²) in [5, 5.41) is 2.61. The molecule has 6 nitrogen and oxygen atoms in total. The van der Waals surface area contributed by atoms with E-state index in [9.17, 15) is 35.5 Å². The third kappa shape index (κ3) is 7.41. The zero-order valence-corrected chi connectivity index (χ0v) is 18.5. The molecule has 2 aromatic rings. The highest BCUT2D eigenvalue weighted by atomic mass is 32.2. The maximum atomic E-state index is 13.2. The monoisotopic (exact) mass is 521 g/mol. The minimum absolute atomic E-state index is 0.0465. The number of aromatic nitrogens is 2. The van der Waals surface area contributed by atoms with Gasteiger partial charge in [0.25, 0.3) is 0 Å². The molecule has 1 saturated carbocycles. The molecule has 1 aromatic heterocycles. The molecule has 1 fully saturated rings. The molecule has 0 spiro atoms. The van der Waals surface area contributed by atoms with Crippen molar-refractivity contribution in [2.24, 2.45) is 10.7 Å². The molecular weight excluding hydrogens is 503 g/mol. The summed E-state index contributed by atoms with van der Waals surface area (Å²) < 4.78 is 90.2. The van der Waals surface area contributed by atoms with Gasteiger partial charge < -0.3 is 11.1 Å². The number of hydrogen-bond acceptors (Lipinski definition) is 6. The van der Waals surface area contributed by atoms with Crippen molar-refractivity contribution in [3.05, 3.63) is 59.6 Å². The first-order chi connectivity index (χ1) is 16.3. The van der Waals surface area contributed by atoms with Crippen molar-refractivity contribution < 1.29 is 35.5 Å². The predicted molar refractivity (Wildman–Crippen MR) is 114 cm³/mol. The normalized spacial score (nSPS) is 19.3. The van der Waals surface area contributed by atoms with Gasteiger partial charge >= 0.3 is 12.4 Å². The third-order valence-corrected chi connectivity index (χ3v) is 6.33. The lowest BCUT2D eigenvalue weighted by Gasteiger charge is -2.36. The number of nitrogens with zero attached hydrogens (tertiary/aromatic N) is 3. The van der Waals surface area contributed by atoms with Gasteiger partial charge in [0.2, 0.25) is 11.7 Å². The number of allylic oxidation sites excluding steroid dienone is 1. The lowest BCUT2D eigenvalue weighted by molar-refractivity contribution is -0.145. The maximum absolute atomic E-state index is 13.2. The number of halogens is 7. The number of amides is 1. The second-order valence-electron chi connectivity index (χ2n) is 7.50. The zero-order valence-electron chi connectivity index (χ0n) is 17.7. The van der Waals surface area contributed by atoms with E-state index in [4.69, 9.17) is 5.73 Å². The summed E-state index contributed by atoms with van der Waals surface area (Å²) in [6.45, 7) is 0. The number of carbonyl (C=O) groups excluding carboxylic acids is 1. The zero-order chi connectivity index (χ0) is 25.8. The summed E-state index contributed by atoms with van der Waals surface area (Å²) in [6.07, 6.45) is -7.15. The smallest absolute Gasteiger partial charge is 0.394 e. The number of nitrogens with two attached hydrogens (primary N) is 1. The molecule has 0 radical (unpaired) electrons. The first-order valence-electron chi connectivity index (χ1n) is 10.0. The lowest BCUT2D eigenvalue weighted by Crippen LogP contribution is -2.48. The van der Waals surface area contributed by atoms with Crippen molar-refractivity contribution in [2.75, 3.05) is 0 Å². The molecule has 1 aromatic carbocycles. The van der Waals surface area contributed by atoms with Crippen LogP contribution in [0.3, 0.4) is 0 Å². The Morgan fingerprint density at radius 2 is 1.74 bits per heavy atom. The first-order valence-corrected chi connectivity index (χ1v) is 10.9. The Kier molecular flexibility index (Phi) is 8.03. The molecule has 3 rings (SSSR count). The molecule has 14 heteroatoms. The largest absolute Gasteiger partial charge is 0.451 e. The molecular formula is C21H18F7N5OS. The van der Waals surface area contributed by atoms with Crippen molar-refractivity contribution in [2.45, 2.75) is 47.8 Å². The highest BCUT2D eigenvalue weighted by molar-refractivity contribution is 8.00. The Labute approximate surface area is 198 Å². The highest BCUT2D eigenvalue weighted by Gasteiger charge is 2.36. The number of hydrogen-bond donors (Lipinski definition) is 2. The molecule has 1 aliphatic carbocycles. The molecule has 0 aliphatic heterocycles. The fourth-order valence-electron chi connectivity index (χ4n) is 2.97. The Bertz CT molecular complexity index is 1100. The SMILES string of the molecule is NC(=C(C=Nc1cnc(C(F)(F)F)nc1)CC(=O)NC1CCC1Sc1ccc(F)cc1)C(F)(F)F. The number of rotatable bonds is 7. The average Bonchev–Trinajstić information content (AvgIpc) is 2.77. The van der Waals surface area contributed by atoms with Gasteiger partial charge in [-0.15, -0.1) is 11.8 Å². The molecule has 3 N–H and O–H groups in total. The number of alkyl halides is 6. The van der Waals surface area contributed by atoms with E-state index >= 15 is 0 Å². The molecule has 1 aliphatic rings. The molecule has 0 bridgehead atoms. The number of aliphatic imine (C=N–C) groups is 1. The number of benzene rings is 1. The van der Waals surface area contributed by atoms with Gasteiger partial charge in [-0.2, -0.15) is 26.3 Å². The Morgan fingerprint density at radius 1 is 1.11 bits per heavy atom. The highest BCUT2D eigenvalue weighted by Crippen LogP contribution is 2.37. The van der Waals surface area contributed by atoms with Crippen LogP contribution in [0, 0.1) is 5.82 Å². The molecule has 1 amide bonds. The van der Waals surface area contributed by atoms with Crippen LogP contribution in [0.1, 0.15) is 25.1 Å². The van der Waals surface area contributed by atoms with Gasteiger partial charge in [-0.25, -0.2) is 14.4 Å². The van der Waals surface area contributed by atoms with Crippen molar-refractivity contribution in [1.82, 2.24) is 15.3 Å². The van der Waals surface area contributed by atoms with Crippen LogP contribution in [-0.4, -0.2) is 39.6 Å². The van der Waals surface area contributed by atoms with E-state index in [-0.39, 0.29) is 22.8 Å². The second kappa shape index (κ2) is 10.6. The van der Waals surface area contributed by atoms with E-state index in [1.165, 1.54) is 23.9 Å². The van der Waals surface area contributed by atoms with Gasteiger partial charge in [0.1, 0.15) is 11.5 Å². The average molecular weight is 521 g/mol. The first kappa shape index (κ1) is 26.4. The van der Waals surface area contributed by atoms with Crippen LogP contribution in [0.4, 0.5) is 36.4 Å². The number of carbonyl (C=O) groups is 1. The van der Waals surface area contributed by atoms with Gasteiger partial charge in [0.15, 0.2) is 0 Å². The van der Waals surface area contributed by atoms with Gasteiger partial charge in [0, 0.05) is 28.0 Å². The van der Waals surface area contributed by atoms with E-state index in [1.54, 1.807) is 12.1 Å². The minimum atomic E-state index is -4.96. The molecule has 1 heterocycles. The molecule has 35 heavy (non-hydrogen) atoms. The van der Waals surface area contributed by atoms with Crippen molar-refractivity contribution in [3.63, 3.8) is 0 Å². The summed E-state index contributed by atoms with van der Waals surface area (Å²) in [7, 11) is 0. The van der Waals surface area contributed by atoms with Crippen LogP contribution in [0.15, 0.2) is 57.8 Å². The number of thioether (sulfide) groups is 1. The third-order valence-electron chi connectivity index (χ3n) is 4.92. The standard InChI is InChI=1S/C21H18F7N5OS/c22-12-1-3-14(4-2-12)35-16-6-5-15(16)33-17(34)7-11(18(29)20(23,24)25)8-30-13-9-31-19(32-10-13)21(26,27)28/h1-4,8-10,15-16H,5-7,29H2,(H,33,34). The van der Waals surface area contributed by atoms with Gasteiger partial charge in [-0.1, -0.05) is 0 Å². The van der Waals surface area contributed by atoms with Gasteiger partial charge in [-0.05, 0) is 37.1 Å². The predicted octanol–water partition coefficient (Wildman–Crippen LogP) is 4.94. The Morgan fingerprint density at radius 3 is 2.26 bits per heavy atom. The van der Waals surface area contributed by atoms with Crippen LogP contribution in [0.25, 0.3) is 0 Å². The topological polar surface area (TPSA) is 93.3 Å².